The second kappa shape index (κ2) is 5.02. The summed E-state index contributed by atoms with van der Waals surface area (Å²) in [6, 6.07) is 0. The predicted molar refractivity (Wildman–Crippen MR) is 54.8 cm³/mol. The third-order valence-electron chi connectivity index (χ3n) is 2.47. The van der Waals surface area contributed by atoms with Gasteiger partial charge < -0.3 is 9.47 Å². The smallest absolute Gasteiger partial charge is 0.0948 e. The first kappa shape index (κ1) is 10.3. The predicted octanol–water partition coefficient (Wildman–Crippen LogP) is 1.53. The van der Waals surface area contributed by atoms with Crippen LogP contribution in [0.4, 0.5) is 0 Å². The molecule has 0 aromatic carbocycles. The highest BCUT2D eigenvalue weighted by Gasteiger charge is 2.00. The lowest BCUT2D eigenvalue weighted by Gasteiger charge is -2.18. The van der Waals surface area contributed by atoms with Crippen molar-refractivity contribution in [2.45, 2.75) is 27.3 Å². The van der Waals surface area contributed by atoms with E-state index >= 15 is 0 Å². The molecule has 0 aliphatic carbocycles. The van der Waals surface area contributed by atoms with Gasteiger partial charge >= 0.3 is 0 Å². The summed E-state index contributed by atoms with van der Waals surface area (Å²) < 4.78 is 2.19. The van der Waals surface area contributed by atoms with Crippen molar-refractivity contribution >= 4 is 0 Å². The third kappa shape index (κ3) is 2.84. The van der Waals surface area contributed by atoms with Gasteiger partial charge in [-0.25, -0.2) is 4.98 Å². The molecular formula is C10H19N3. The van der Waals surface area contributed by atoms with Crippen molar-refractivity contribution in [2.75, 3.05) is 19.6 Å². The molecule has 1 heterocycles. The zero-order valence-electron chi connectivity index (χ0n) is 8.82. The fraction of sp³-hybridized carbons (Fsp3) is 0.700. The van der Waals surface area contributed by atoms with Gasteiger partial charge in [0.05, 0.1) is 6.33 Å². The number of imidazole rings is 1. The fourth-order valence-electron chi connectivity index (χ4n) is 1.41. The summed E-state index contributed by atoms with van der Waals surface area (Å²) in [6.07, 6.45) is 3.81. The molecular weight excluding hydrogens is 162 g/mol. The molecule has 13 heavy (non-hydrogen) atoms. The molecule has 74 valence electrons. The van der Waals surface area contributed by atoms with Gasteiger partial charge in [-0.1, -0.05) is 13.8 Å². The monoisotopic (exact) mass is 181 g/mol. The lowest BCUT2D eigenvalue weighted by Crippen LogP contribution is -2.27. The van der Waals surface area contributed by atoms with E-state index < -0.39 is 0 Å². The van der Waals surface area contributed by atoms with E-state index in [9.17, 15) is 0 Å². The molecule has 0 spiro atoms. The molecule has 0 aliphatic rings. The van der Waals surface area contributed by atoms with Crippen LogP contribution < -0.4 is 0 Å². The van der Waals surface area contributed by atoms with Gasteiger partial charge in [-0.15, -0.1) is 0 Å². The number of likely N-dealkylation sites (N-methyl/N-ethyl adjacent to an activating group) is 1. The normalized spacial score (nSPS) is 11.1. The van der Waals surface area contributed by atoms with E-state index in [1.54, 1.807) is 0 Å². The summed E-state index contributed by atoms with van der Waals surface area (Å²) in [7, 11) is 0. The summed E-state index contributed by atoms with van der Waals surface area (Å²) in [5, 5.41) is 0. The van der Waals surface area contributed by atoms with Gasteiger partial charge in [0.25, 0.3) is 0 Å². The minimum Gasteiger partial charge on any atom is -0.334 e. The molecule has 1 aromatic rings. The highest BCUT2D eigenvalue weighted by molar-refractivity contribution is 4.93. The standard InChI is InChI=1S/C10H19N3/c1-4-12(5-2)6-7-13-9-11-8-10(13)3/h8-9H,4-7H2,1-3H3. The summed E-state index contributed by atoms with van der Waals surface area (Å²) >= 11 is 0. The number of rotatable bonds is 5. The van der Waals surface area contributed by atoms with Crippen molar-refractivity contribution in [1.82, 2.24) is 14.5 Å². The SMILES string of the molecule is CCN(CC)CCn1cncc1C. The van der Waals surface area contributed by atoms with Crippen molar-refractivity contribution in [3.8, 4) is 0 Å². The Labute approximate surface area is 80.4 Å². The summed E-state index contributed by atoms with van der Waals surface area (Å²) in [6.45, 7) is 10.9. The molecule has 0 saturated heterocycles. The number of hydrogen-bond donors (Lipinski definition) is 0. The maximum Gasteiger partial charge on any atom is 0.0948 e. The van der Waals surface area contributed by atoms with Crippen LogP contribution in [-0.4, -0.2) is 34.1 Å². The molecule has 0 saturated carbocycles. The molecule has 0 bridgehead atoms. The third-order valence-corrected chi connectivity index (χ3v) is 2.47. The first-order chi connectivity index (χ1) is 6.27. The molecule has 3 heteroatoms. The molecule has 0 aliphatic heterocycles. The van der Waals surface area contributed by atoms with Crippen LogP contribution >= 0.6 is 0 Å². The van der Waals surface area contributed by atoms with E-state index in [4.69, 9.17) is 0 Å². The maximum absolute atomic E-state index is 4.10. The lowest BCUT2D eigenvalue weighted by molar-refractivity contribution is 0.289. The van der Waals surface area contributed by atoms with E-state index in [0.29, 0.717) is 0 Å². The Balaban J connectivity index is 2.38. The summed E-state index contributed by atoms with van der Waals surface area (Å²) in [5.41, 5.74) is 1.24. The minimum absolute atomic E-state index is 1.05. The van der Waals surface area contributed by atoms with Crippen LogP contribution in [0.25, 0.3) is 0 Å². The van der Waals surface area contributed by atoms with Crippen molar-refractivity contribution in [3.05, 3.63) is 18.2 Å². The second-order valence-corrected chi connectivity index (χ2v) is 3.26. The number of nitrogens with zero attached hydrogens (tertiary/aromatic N) is 3. The highest BCUT2D eigenvalue weighted by Crippen LogP contribution is 1.97. The molecule has 0 unspecified atom stereocenters. The van der Waals surface area contributed by atoms with Crippen LogP contribution in [-0.2, 0) is 6.54 Å². The van der Waals surface area contributed by atoms with Gasteiger partial charge in [0, 0.05) is 25.0 Å². The number of hydrogen-bond acceptors (Lipinski definition) is 2. The fourth-order valence-corrected chi connectivity index (χ4v) is 1.41. The molecule has 1 rings (SSSR count). The van der Waals surface area contributed by atoms with Gasteiger partial charge in [0.1, 0.15) is 0 Å². The molecule has 3 nitrogen and oxygen atoms in total. The summed E-state index contributed by atoms with van der Waals surface area (Å²) in [4.78, 5) is 6.51. The molecule has 1 aromatic heterocycles. The highest BCUT2D eigenvalue weighted by atomic mass is 15.1. The molecule has 0 fully saturated rings. The van der Waals surface area contributed by atoms with E-state index in [0.717, 1.165) is 26.2 Å². The van der Waals surface area contributed by atoms with Crippen molar-refractivity contribution in [1.29, 1.82) is 0 Å². The Kier molecular flexibility index (Phi) is 3.96. The van der Waals surface area contributed by atoms with Crippen molar-refractivity contribution < 1.29 is 0 Å². The quantitative estimate of drug-likeness (QED) is 0.687. The van der Waals surface area contributed by atoms with Gasteiger partial charge in [0.2, 0.25) is 0 Å². The molecule has 0 atom stereocenters. The Bertz CT molecular complexity index is 238. The van der Waals surface area contributed by atoms with Crippen LogP contribution in [0.2, 0.25) is 0 Å². The Morgan fingerprint density at radius 3 is 2.54 bits per heavy atom. The minimum atomic E-state index is 1.05. The van der Waals surface area contributed by atoms with E-state index in [1.807, 2.05) is 12.5 Å². The summed E-state index contributed by atoms with van der Waals surface area (Å²) in [5.74, 6) is 0. The second-order valence-electron chi connectivity index (χ2n) is 3.26. The van der Waals surface area contributed by atoms with Gasteiger partial charge in [0.15, 0.2) is 0 Å². The van der Waals surface area contributed by atoms with Crippen LogP contribution in [0, 0.1) is 6.92 Å². The van der Waals surface area contributed by atoms with Gasteiger partial charge in [-0.05, 0) is 20.0 Å². The van der Waals surface area contributed by atoms with Crippen LogP contribution in [0.1, 0.15) is 19.5 Å². The van der Waals surface area contributed by atoms with Crippen molar-refractivity contribution in [2.24, 2.45) is 0 Å². The Morgan fingerprint density at radius 1 is 1.38 bits per heavy atom. The topological polar surface area (TPSA) is 21.1 Å². The number of aromatic nitrogens is 2. The largest absolute Gasteiger partial charge is 0.334 e. The Morgan fingerprint density at radius 2 is 2.08 bits per heavy atom. The van der Waals surface area contributed by atoms with Crippen LogP contribution in [0.15, 0.2) is 12.5 Å². The van der Waals surface area contributed by atoms with Crippen molar-refractivity contribution in [3.63, 3.8) is 0 Å². The zero-order chi connectivity index (χ0) is 9.68. The Hall–Kier alpha value is -0.830. The van der Waals surface area contributed by atoms with E-state index in [2.05, 4.69) is 35.2 Å². The first-order valence-corrected chi connectivity index (χ1v) is 4.97. The zero-order valence-corrected chi connectivity index (χ0v) is 8.82. The maximum atomic E-state index is 4.10. The van der Waals surface area contributed by atoms with Crippen LogP contribution in [0.5, 0.6) is 0 Å². The van der Waals surface area contributed by atoms with Gasteiger partial charge in [-0.2, -0.15) is 0 Å². The average Bonchev–Trinajstić information content (AvgIpc) is 2.54. The lowest BCUT2D eigenvalue weighted by atomic mass is 10.4. The number of aryl methyl sites for hydroxylation is 1. The van der Waals surface area contributed by atoms with Crippen LogP contribution in [0.3, 0.4) is 0 Å². The molecule has 0 radical (unpaired) electrons. The van der Waals surface area contributed by atoms with E-state index in [1.165, 1.54) is 5.69 Å². The molecule has 0 amide bonds. The van der Waals surface area contributed by atoms with Gasteiger partial charge in [-0.3, -0.25) is 0 Å². The first-order valence-electron chi connectivity index (χ1n) is 4.97. The molecule has 0 N–H and O–H groups in total. The average molecular weight is 181 g/mol. The van der Waals surface area contributed by atoms with E-state index in [-0.39, 0.29) is 0 Å².